The van der Waals surface area contributed by atoms with Crippen LogP contribution < -0.4 is 10.6 Å². The highest BCUT2D eigenvalue weighted by Gasteiger charge is 2.36. The summed E-state index contributed by atoms with van der Waals surface area (Å²) in [4.78, 5) is 0. The summed E-state index contributed by atoms with van der Waals surface area (Å²) in [5.41, 5.74) is 2.09. The Labute approximate surface area is 160 Å². The van der Waals surface area contributed by atoms with Gasteiger partial charge in [0.1, 0.15) is 0 Å². The largest absolute Gasteiger partial charge is 0.417 e. The predicted molar refractivity (Wildman–Crippen MR) is 102 cm³/mol. The molecule has 0 aromatic heterocycles. The predicted octanol–water partition coefficient (Wildman–Crippen LogP) is 6.68. The van der Waals surface area contributed by atoms with Gasteiger partial charge in [0.15, 0.2) is 0 Å². The first-order valence-corrected chi connectivity index (χ1v) is 8.85. The number of halogens is 4. The van der Waals surface area contributed by atoms with E-state index in [0.29, 0.717) is 11.4 Å². The molecule has 0 radical (unpaired) electrons. The van der Waals surface area contributed by atoms with Crippen molar-refractivity contribution in [1.29, 1.82) is 0 Å². The first-order chi connectivity index (χ1) is 12.9. The third-order valence-electron chi connectivity index (χ3n) is 4.69. The summed E-state index contributed by atoms with van der Waals surface area (Å²) < 4.78 is 39.7. The van der Waals surface area contributed by atoms with Crippen molar-refractivity contribution in [2.75, 3.05) is 10.6 Å². The van der Waals surface area contributed by atoms with Gasteiger partial charge in [-0.15, -0.1) is 0 Å². The Morgan fingerprint density at radius 1 is 0.704 bits per heavy atom. The summed E-state index contributed by atoms with van der Waals surface area (Å²) in [7, 11) is 0. The maximum atomic E-state index is 13.2. The second kappa shape index (κ2) is 6.82. The highest BCUT2D eigenvalue weighted by molar-refractivity contribution is 6.32. The van der Waals surface area contributed by atoms with Crippen molar-refractivity contribution in [3.05, 3.63) is 94.5 Å². The topological polar surface area (TPSA) is 24.1 Å². The zero-order valence-electron chi connectivity index (χ0n) is 14.1. The third kappa shape index (κ3) is 3.47. The van der Waals surface area contributed by atoms with E-state index in [-0.39, 0.29) is 17.1 Å². The molecular weight excluding hydrogens is 373 g/mol. The molecule has 138 valence electrons. The second-order valence-electron chi connectivity index (χ2n) is 6.44. The van der Waals surface area contributed by atoms with Crippen LogP contribution in [-0.4, -0.2) is 0 Å². The lowest BCUT2D eigenvalue weighted by Crippen LogP contribution is -2.30. The average molecular weight is 389 g/mol. The molecule has 0 saturated carbocycles. The van der Waals surface area contributed by atoms with Gasteiger partial charge in [0.2, 0.25) is 0 Å². The molecule has 2 N–H and O–H groups in total. The van der Waals surface area contributed by atoms with E-state index in [1.165, 1.54) is 6.07 Å². The molecule has 2 atom stereocenters. The molecule has 1 aliphatic heterocycles. The first-order valence-electron chi connectivity index (χ1n) is 8.47. The first kappa shape index (κ1) is 17.7. The van der Waals surface area contributed by atoms with E-state index in [0.717, 1.165) is 17.2 Å². The fourth-order valence-corrected chi connectivity index (χ4v) is 3.67. The van der Waals surface area contributed by atoms with Crippen molar-refractivity contribution in [3.8, 4) is 0 Å². The number of nitrogens with one attached hydrogen (secondary N) is 2. The standard InChI is InChI=1S/C21H16ClF3N2/c22-16-12-18-17(11-15(16)21(23,24)25)26-19(13-7-3-1-4-8-13)20(27-18)14-9-5-2-6-10-14/h1-12,19-20,26-27H. The molecule has 2 unspecified atom stereocenters. The maximum Gasteiger partial charge on any atom is 0.417 e. The minimum Gasteiger partial charge on any atom is -0.374 e. The molecule has 1 heterocycles. The van der Waals surface area contributed by atoms with Gasteiger partial charge in [0.25, 0.3) is 0 Å². The van der Waals surface area contributed by atoms with E-state index in [1.807, 2.05) is 60.7 Å². The number of fused-ring (bicyclic) bond motifs is 1. The molecule has 6 heteroatoms. The normalized spacial score (nSPS) is 19.0. The molecule has 0 amide bonds. The number of alkyl halides is 3. The lowest BCUT2D eigenvalue weighted by Gasteiger charge is -2.37. The fourth-order valence-electron chi connectivity index (χ4n) is 3.40. The summed E-state index contributed by atoms with van der Waals surface area (Å²) in [6, 6.07) is 21.5. The number of rotatable bonds is 2. The SMILES string of the molecule is FC(F)(F)c1cc2c(cc1Cl)NC(c1ccccc1)C(c1ccccc1)N2. The summed E-state index contributed by atoms with van der Waals surface area (Å²) >= 11 is 5.91. The number of anilines is 2. The molecule has 0 bridgehead atoms. The lowest BCUT2D eigenvalue weighted by atomic mass is 9.90. The quantitative estimate of drug-likeness (QED) is 0.511. The van der Waals surface area contributed by atoms with E-state index >= 15 is 0 Å². The third-order valence-corrected chi connectivity index (χ3v) is 5.00. The highest BCUT2D eigenvalue weighted by atomic mass is 35.5. The van der Waals surface area contributed by atoms with Gasteiger partial charge in [-0.3, -0.25) is 0 Å². The molecular formula is C21H16ClF3N2. The van der Waals surface area contributed by atoms with Crippen molar-refractivity contribution in [2.24, 2.45) is 0 Å². The summed E-state index contributed by atoms with van der Waals surface area (Å²) in [5.74, 6) is 0. The average Bonchev–Trinajstić information content (AvgIpc) is 2.67. The maximum absolute atomic E-state index is 13.2. The van der Waals surface area contributed by atoms with Crippen molar-refractivity contribution < 1.29 is 13.2 Å². The fraction of sp³-hybridized carbons (Fsp3) is 0.143. The van der Waals surface area contributed by atoms with Crippen LogP contribution in [0.1, 0.15) is 28.8 Å². The van der Waals surface area contributed by atoms with E-state index < -0.39 is 11.7 Å². The van der Waals surface area contributed by atoms with Gasteiger partial charge in [-0.25, -0.2) is 0 Å². The highest BCUT2D eigenvalue weighted by Crippen LogP contribution is 2.46. The lowest BCUT2D eigenvalue weighted by molar-refractivity contribution is -0.137. The van der Waals surface area contributed by atoms with Crippen molar-refractivity contribution in [3.63, 3.8) is 0 Å². The summed E-state index contributed by atoms with van der Waals surface area (Å²) in [5, 5.41) is 6.33. The Hall–Kier alpha value is -2.66. The number of hydrogen-bond acceptors (Lipinski definition) is 2. The molecule has 0 fully saturated rings. The van der Waals surface area contributed by atoms with Gasteiger partial charge < -0.3 is 10.6 Å². The summed E-state index contributed by atoms with van der Waals surface area (Å²) in [6.45, 7) is 0. The Kier molecular flexibility index (Phi) is 4.48. The van der Waals surface area contributed by atoms with E-state index in [1.54, 1.807) is 0 Å². The van der Waals surface area contributed by atoms with E-state index in [4.69, 9.17) is 11.6 Å². The van der Waals surface area contributed by atoms with Crippen molar-refractivity contribution >= 4 is 23.0 Å². The van der Waals surface area contributed by atoms with Crippen LogP contribution in [0.3, 0.4) is 0 Å². The molecule has 0 saturated heterocycles. The van der Waals surface area contributed by atoms with Crippen LogP contribution >= 0.6 is 11.6 Å². The van der Waals surface area contributed by atoms with Crippen molar-refractivity contribution in [1.82, 2.24) is 0 Å². The minimum absolute atomic E-state index is 0.158. The van der Waals surface area contributed by atoms with Gasteiger partial charge in [-0.05, 0) is 23.3 Å². The molecule has 0 aliphatic carbocycles. The zero-order valence-corrected chi connectivity index (χ0v) is 14.9. The smallest absolute Gasteiger partial charge is 0.374 e. The Morgan fingerprint density at radius 3 is 1.59 bits per heavy atom. The Balaban J connectivity index is 1.81. The van der Waals surface area contributed by atoms with Gasteiger partial charge >= 0.3 is 6.18 Å². The van der Waals surface area contributed by atoms with Gasteiger partial charge in [-0.1, -0.05) is 72.3 Å². The Morgan fingerprint density at radius 2 is 1.15 bits per heavy atom. The molecule has 2 nitrogen and oxygen atoms in total. The van der Waals surface area contributed by atoms with Crippen molar-refractivity contribution in [2.45, 2.75) is 18.3 Å². The van der Waals surface area contributed by atoms with Gasteiger partial charge in [-0.2, -0.15) is 13.2 Å². The second-order valence-corrected chi connectivity index (χ2v) is 6.85. The monoisotopic (exact) mass is 388 g/mol. The van der Waals surface area contributed by atoms with Crippen LogP contribution in [0.25, 0.3) is 0 Å². The zero-order chi connectivity index (χ0) is 19.0. The molecule has 3 aromatic carbocycles. The van der Waals surface area contributed by atoms with Crippen LogP contribution in [0.15, 0.2) is 72.8 Å². The number of hydrogen-bond donors (Lipinski definition) is 2. The van der Waals surface area contributed by atoms with Crippen LogP contribution in [0.4, 0.5) is 24.5 Å². The van der Waals surface area contributed by atoms with Crippen LogP contribution in [0.2, 0.25) is 5.02 Å². The molecule has 27 heavy (non-hydrogen) atoms. The van der Waals surface area contributed by atoms with Crippen LogP contribution in [0.5, 0.6) is 0 Å². The molecule has 1 aliphatic rings. The number of benzene rings is 3. The minimum atomic E-state index is -4.51. The van der Waals surface area contributed by atoms with Gasteiger partial charge in [0.05, 0.1) is 34.0 Å². The molecule has 3 aromatic rings. The van der Waals surface area contributed by atoms with E-state index in [9.17, 15) is 13.2 Å². The van der Waals surface area contributed by atoms with Crippen LogP contribution in [0, 0.1) is 0 Å². The van der Waals surface area contributed by atoms with Crippen LogP contribution in [-0.2, 0) is 6.18 Å². The van der Waals surface area contributed by atoms with Gasteiger partial charge in [0, 0.05) is 0 Å². The summed E-state index contributed by atoms with van der Waals surface area (Å²) in [6.07, 6.45) is -4.51. The molecule has 0 spiro atoms. The molecule has 4 rings (SSSR count). The van der Waals surface area contributed by atoms with E-state index in [2.05, 4.69) is 10.6 Å². The Bertz CT molecular complexity index is 943.